The number of ether oxygens (including phenoxy) is 1. The molecule has 0 atom stereocenters. The van der Waals surface area contributed by atoms with Crippen molar-refractivity contribution in [2.45, 2.75) is 45.0 Å². The van der Waals surface area contributed by atoms with Crippen LogP contribution in [-0.2, 0) is 17.9 Å². The summed E-state index contributed by atoms with van der Waals surface area (Å²) < 4.78 is 7.74. The van der Waals surface area contributed by atoms with E-state index < -0.39 is 0 Å². The minimum Gasteiger partial charge on any atom is -0.484 e. The molecule has 32 heavy (non-hydrogen) atoms. The van der Waals surface area contributed by atoms with Crippen LogP contribution in [0.1, 0.15) is 36.7 Å². The number of benzene rings is 2. The van der Waals surface area contributed by atoms with Gasteiger partial charge in [0, 0.05) is 12.2 Å². The molecule has 2 aromatic carbocycles. The average molecular weight is 471 g/mol. The Morgan fingerprint density at radius 2 is 2.00 bits per heavy atom. The number of hydrogen-bond donors (Lipinski definition) is 1. The molecule has 168 valence electrons. The second-order valence-electron chi connectivity index (χ2n) is 7.63. The van der Waals surface area contributed by atoms with Crippen LogP contribution in [-0.4, -0.2) is 26.4 Å². The SMILES string of the molecule is C=CCn1c(COc2cc(C)ccc2Cl)nnc1SCC(=O)Nc1ccc(C(C)C)cc1. The maximum Gasteiger partial charge on any atom is 0.234 e. The molecule has 6 nitrogen and oxygen atoms in total. The van der Waals surface area contributed by atoms with Crippen LogP contribution < -0.4 is 10.1 Å². The van der Waals surface area contributed by atoms with E-state index in [1.54, 1.807) is 12.1 Å². The third kappa shape index (κ3) is 6.37. The zero-order valence-corrected chi connectivity index (χ0v) is 20.0. The number of amides is 1. The zero-order valence-electron chi connectivity index (χ0n) is 18.5. The quantitative estimate of drug-likeness (QED) is 0.297. The maximum absolute atomic E-state index is 12.4. The summed E-state index contributed by atoms with van der Waals surface area (Å²) in [6.45, 7) is 10.8. The van der Waals surface area contributed by atoms with Crippen LogP contribution in [0.3, 0.4) is 0 Å². The highest BCUT2D eigenvalue weighted by atomic mass is 35.5. The second-order valence-corrected chi connectivity index (χ2v) is 8.98. The molecule has 0 aliphatic heterocycles. The number of allylic oxidation sites excluding steroid dienone is 1. The Kier molecular flexibility index (Phi) is 8.36. The molecular weight excluding hydrogens is 444 g/mol. The molecule has 1 N–H and O–H groups in total. The van der Waals surface area contributed by atoms with Crippen molar-refractivity contribution in [1.82, 2.24) is 14.8 Å². The number of thioether (sulfide) groups is 1. The fourth-order valence-electron chi connectivity index (χ4n) is 2.99. The Morgan fingerprint density at radius 1 is 1.25 bits per heavy atom. The number of hydrogen-bond acceptors (Lipinski definition) is 5. The zero-order chi connectivity index (χ0) is 23.1. The lowest BCUT2D eigenvalue weighted by atomic mass is 10.0. The fourth-order valence-corrected chi connectivity index (χ4v) is 3.93. The van der Waals surface area contributed by atoms with Crippen molar-refractivity contribution in [3.63, 3.8) is 0 Å². The van der Waals surface area contributed by atoms with Gasteiger partial charge in [0.25, 0.3) is 0 Å². The van der Waals surface area contributed by atoms with Gasteiger partial charge in [0.2, 0.25) is 5.91 Å². The van der Waals surface area contributed by atoms with E-state index in [2.05, 4.69) is 35.9 Å². The van der Waals surface area contributed by atoms with Crippen LogP contribution in [0.15, 0.2) is 60.3 Å². The molecule has 1 aromatic heterocycles. The van der Waals surface area contributed by atoms with Crippen molar-refractivity contribution in [3.8, 4) is 5.75 Å². The highest BCUT2D eigenvalue weighted by molar-refractivity contribution is 7.99. The van der Waals surface area contributed by atoms with Crippen molar-refractivity contribution in [2.24, 2.45) is 0 Å². The number of nitrogens with zero attached hydrogens (tertiary/aromatic N) is 3. The van der Waals surface area contributed by atoms with E-state index in [-0.39, 0.29) is 18.3 Å². The number of carbonyl (C=O) groups excluding carboxylic acids is 1. The van der Waals surface area contributed by atoms with Crippen molar-refractivity contribution in [1.29, 1.82) is 0 Å². The van der Waals surface area contributed by atoms with Crippen LogP contribution in [0, 0.1) is 6.92 Å². The number of halogens is 1. The second kappa shape index (κ2) is 11.2. The van der Waals surface area contributed by atoms with Gasteiger partial charge in [0.15, 0.2) is 11.0 Å². The molecule has 0 spiro atoms. The van der Waals surface area contributed by atoms with Crippen LogP contribution in [0.5, 0.6) is 5.75 Å². The first-order valence-electron chi connectivity index (χ1n) is 10.3. The minimum atomic E-state index is -0.107. The average Bonchev–Trinajstić information content (AvgIpc) is 3.15. The van der Waals surface area contributed by atoms with Gasteiger partial charge in [-0.1, -0.05) is 61.5 Å². The van der Waals surface area contributed by atoms with E-state index in [1.807, 2.05) is 47.9 Å². The largest absolute Gasteiger partial charge is 0.484 e. The molecule has 0 aliphatic rings. The molecule has 1 amide bonds. The molecule has 3 aromatic rings. The molecule has 8 heteroatoms. The van der Waals surface area contributed by atoms with Crippen LogP contribution >= 0.6 is 23.4 Å². The van der Waals surface area contributed by atoms with Gasteiger partial charge in [-0.15, -0.1) is 16.8 Å². The van der Waals surface area contributed by atoms with Crippen LogP contribution in [0.4, 0.5) is 5.69 Å². The molecule has 0 saturated heterocycles. The van der Waals surface area contributed by atoms with Gasteiger partial charge in [-0.05, 0) is 48.2 Å². The number of rotatable bonds is 10. The fraction of sp³-hybridized carbons (Fsp3) is 0.292. The van der Waals surface area contributed by atoms with E-state index >= 15 is 0 Å². The standard InChI is InChI=1S/C24H27ClN4O2S/c1-5-12-29-22(14-31-21-13-17(4)6-11-20(21)25)27-28-24(29)32-15-23(30)26-19-9-7-18(8-10-19)16(2)3/h5-11,13,16H,1,12,14-15H2,2-4H3,(H,26,30). The smallest absolute Gasteiger partial charge is 0.234 e. The van der Waals surface area contributed by atoms with Gasteiger partial charge < -0.3 is 10.1 Å². The van der Waals surface area contributed by atoms with Crippen LogP contribution in [0.25, 0.3) is 0 Å². The van der Waals surface area contributed by atoms with Gasteiger partial charge in [0.05, 0.1) is 10.8 Å². The molecular formula is C24H27ClN4O2S. The number of carbonyl (C=O) groups is 1. The molecule has 0 fully saturated rings. The summed E-state index contributed by atoms with van der Waals surface area (Å²) >= 11 is 7.53. The Balaban J connectivity index is 1.61. The van der Waals surface area contributed by atoms with E-state index in [0.717, 1.165) is 11.3 Å². The Morgan fingerprint density at radius 3 is 2.69 bits per heavy atom. The first-order chi connectivity index (χ1) is 15.4. The minimum absolute atomic E-state index is 0.107. The summed E-state index contributed by atoms with van der Waals surface area (Å²) in [4.78, 5) is 12.4. The topological polar surface area (TPSA) is 69.0 Å². The van der Waals surface area contributed by atoms with E-state index in [1.165, 1.54) is 17.3 Å². The van der Waals surface area contributed by atoms with Crippen molar-refractivity contribution in [2.75, 3.05) is 11.1 Å². The van der Waals surface area contributed by atoms with Gasteiger partial charge in [-0.2, -0.15) is 0 Å². The van der Waals surface area contributed by atoms with Gasteiger partial charge >= 0.3 is 0 Å². The molecule has 0 unspecified atom stereocenters. The third-order valence-corrected chi connectivity index (χ3v) is 6.02. The van der Waals surface area contributed by atoms with E-state index in [4.69, 9.17) is 16.3 Å². The maximum atomic E-state index is 12.4. The molecule has 0 bridgehead atoms. The summed E-state index contributed by atoms with van der Waals surface area (Å²) in [6.07, 6.45) is 1.76. The normalized spacial score (nSPS) is 10.9. The summed E-state index contributed by atoms with van der Waals surface area (Å²) in [7, 11) is 0. The summed E-state index contributed by atoms with van der Waals surface area (Å²) in [5.41, 5.74) is 3.06. The highest BCUT2D eigenvalue weighted by Crippen LogP contribution is 2.26. The molecule has 0 aliphatic carbocycles. The van der Waals surface area contributed by atoms with E-state index in [9.17, 15) is 4.79 Å². The Bertz CT molecular complexity index is 1080. The molecule has 0 radical (unpaired) electrons. The summed E-state index contributed by atoms with van der Waals surface area (Å²) in [6, 6.07) is 13.5. The van der Waals surface area contributed by atoms with Crippen LogP contribution in [0.2, 0.25) is 5.02 Å². The monoisotopic (exact) mass is 470 g/mol. The number of aryl methyl sites for hydroxylation is 1. The van der Waals surface area contributed by atoms with Gasteiger partial charge in [0.1, 0.15) is 12.4 Å². The number of nitrogens with one attached hydrogen (secondary N) is 1. The first kappa shape index (κ1) is 23.9. The Labute approximate surface area is 198 Å². The molecule has 1 heterocycles. The Hall–Kier alpha value is -2.77. The van der Waals surface area contributed by atoms with Gasteiger partial charge in [-0.3, -0.25) is 9.36 Å². The van der Waals surface area contributed by atoms with Crippen molar-refractivity contribution in [3.05, 3.63) is 77.1 Å². The third-order valence-electron chi connectivity index (χ3n) is 4.74. The predicted molar refractivity (Wildman–Crippen MR) is 131 cm³/mol. The van der Waals surface area contributed by atoms with E-state index in [0.29, 0.717) is 34.2 Å². The number of aromatic nitrogens is 3. The predicted octanol–water partition coefficient (Wildman–Crippen LogP) is 5.86. The van der Waals surface area contributed by atoms with Crippen molar-refractivity contribution >= 4 is 35.0 Å². The molecule has 0 saturated carbocycles. The first-order valence-corrected chi connectivity index (χ1v) is 11.7. The lowest BCUT2D eigenvalue weighted by Gasteiger charge is -2.11. The van der Waals surface area contributed by atoms with Crippen molar-refractivity contribution < 1.29 is 9.53 Å². The lowest BCUT2D eigenvalue weighted by Crippen LogP contribution is -2.15. The lowest BCUT2D eigenvalue weighted by molar-refractivity contribution is -0.113. The van der Waals surface area contributed by atoms with Gasteiger partial charge in [-0.25, -0.2) is 0 Å². The molecule has 3 rings (SSSR count). The summed E-state index contributed by atoms with van der Waals surface area (Å²) in [5.74, 6) is 1.79. The number of anilines is 1. The summed E-state index contributed by atoms with van der Waals surface area (Å²) in [5, 5.41) is 12.6. The highest BCUT2D eigenvalue weighted by Gasteiger charge is 2.15.